The van der Waals surface area contributed by atoms with Gasteiger partial charge in [-0.15, -0.1) is 0 Å². The fourth-order valence-electron chi connectivity index (χ4n) is 6.19. The molecule has 0 aliphatic carbocycles. The van der Waals surface area contributed by atoms with Crippen molar-refractivity contribution in [2.75, 3.05) is 4.90 Å². The molecule has 0 radical (unpaired) electrons. The van der Waals surface area contributed by atoms with Crippen LogP contribution in [0.3, 0.4) is 0 Å². The summed E-state index contributed by atoms with van der Waals surface area (Å²) in [7, 11) is 0. The second-order valence-corrected chi connectivity index (χ2v) is 10.5. The molecule has 0 fully saturated rings. The second kappa shape index (κ2) is 9.43. The summed E-state index contributed by atoms with van der Waals surface area (Å²) < 4.78 is 2.12. The van der Waals surface area contributed by atoms with Crippen LogP contribution in [0.25, 0.3) is 49.7 Å². The molecule has 7 aromatic rings. The molecular formula is C38H24N2O2. The van der Waals surface area contributed by atoms with Crippen LogP contribution in [0.4, 0.5) is 5.69 Å². The minimum Gasteiger partial charge on any atom is -0.308 e. The van der Waals surface area contributed by atoms with Crippen molar-refractivity contribution in [3.63, 3.8) is 0 Å². The predicted octanol–water partition coefficient (Wildman–Crippen LogP) is 8.92. The van der Waals surface area contributed by atoms with Gasteiger partial charge in [0.25, 0.3) is 11.8 Å². The summed E-state index contributed by atoms with van der Waals surface area (Å²) in [5, 5.41) is 2.18. The van der Waals surface area contributed by atoms with Crippen LogP contribution in [0.5, 0.6) is 0 Å². The van der Waals surface area contributed by atoms with Crippen LogP contribution in [0, 0.1) is 0 Å². The molecule has 0 bridgehead atoms. The first-order valence-corrected chi connectivity index (χ1v) is 14.0. The summed E-state index contributed by atoms with van der Waals surface area (Å²) in [6.45, 7) is 0. The first-order valence-electron chi connectivity index (χ1n) is 14.0. The summed E-state index contributed by atoms with van der Waals surface area (Å²) in [6, 6.07) is 48.1. The average molecular weight is 541 g/mol. The Hall–Kier alpha value is -5.74. The maximum absolute atomic E-state index is 14.2. The van der Waals surface area contributed by atoms with Crippen molar-refractivity contribution in [2.45, 2.75) is 0 Å². The molecule has 1 aliphatic rings. The molecule has 4 heteroatoms. The summed E-state index contributed by atoms with van der Waals surface area (Å²) in [5.41, 5.74) is 8.29. The van der Waals surface area contributed by atoms with Gasteiger partial charge in [-0.05, 0) is 64.7 Å². The van der Waals surface area contributed by atoms with Gasteiger partial charge in [0, 0.05) is 10.8 Å². The highest BCUT2D eigenvalue weighted by Crippen LogP contribution is 2.39. The van der Waals surface area contributed by atoms with Gasteiger partial charge >= 0.3 is 0 Å². The van der Waals surface area contributed by atoms with Gasteiger partial charge in [0.1, 0.15) is 0 Å². The number of para-hydroxylation sites is 1. The Bertz CT molecular complexity index is 2180. The Labute approximate surface area is 242 Å². The van der Waals surface area contributed by atoms with Crippen LogP contribution in [0.15, 0.2) is 146 Å². The lowest BCUT2D eigenvalue weighted by Crippen LogP contribution is -2.29. The number of anilines is 1. The Kier molecular flexibility index (Phi) is 5.41. The molecule has 8 rings (SSSR count). The first-order chi connectivity index (χ1) is 20.7. The zero-order chi connectivity index (χ0) is 28.2. The third-order valence-corrected chi connectivity index (χ3v) is 8.13. The molecule has 0 N–H and O–H groups in total. The molecule has 1 aliphatic heterocycles. The number of nitrogens with zero attached hydrogens (tertiary/aromatic N) is 2. The quantitative estimate of drug-likeness (QED) is 0.209. The van der Waals surface area contributed by atoms with Crippen molar-refractivity contribution in [3.8, 4) is 27.9 Å². The smallest absolute Gasteiger partial charge is 0.268 e. The highest BCUT2D eigenvalue weighted by atomic mass is 16.2. The van der Waals surface area contributed by atoms with Crippen LogP contribution in [-0.4, -0.2) is 16.4 Å². The van der Waals surface area contributed by atoms with Crippen molar-refractivity contribution in [3.05, 3.63) is 157 Å². The van der Waals surface area contributed by atoms with Gasteiger partial charge in [0.15, 0.2) is 0 Å². The average Bonchev–Trinajstić information content (AvgIpc) is 3.52. The molecule has 0 spiro atoms. The minimum absolute atomic E-state index is 0.311. The van der Waals surface area contributed by atoms with E-state index in [4.69, 9.17) is 0 Å². The van der Waals surface area contributed by atoms with Gasteiger partial charge in [0.05, 0.1) is 33.5 Å². The summed E-state index contributed by atoms with van der Waals surface area (Å²) >= 11 is 0. The van der Waals surface area contributed by atoms with E-state index in [1.165, 1.54) is 4.90 Å². The number of carbonyl (C=O) groups is 2. The van der Waals surface area contributed by atoms with Crippen LogP contribution >= 0.6 is 0 Å². The largest absolute Gasteiger partial charge is 0.308 e. The first kappa shape index (κ1) is 24.1. The molecular weight excluding hydrogens is 516 g/mol. The second-order valence-electron chi connectivity index (χ2n) is 10.5. The lowest BCUT2D eigenvalue weighted by Gasteiger charge is -2.16. The molecule has 2 amide bonds. The zero-order valence-electron chi connectivity index (χ0n) is 22.6. The summed E-state index contributed by atoms with van der Waals surface area (Å²) in [4.78, 5) is 29.3. The van der Waals surface area contributed by atoms with Crippen molar-refractivity contribution in [1.82, 2.24) is 4.57 Å². The highest BCUT2D eigenvalue weighted by Gasteiger charge is 2.39. The Morgan fingerprint density at radius 2 is 1.05 bits per heavy atom. The van der Waals surface area contributed by atoms with Crippen molar-refractivity contribution in [1.29, 1.82) is 0 Å². The van der Waals surface area contributed by atoms with Gasteiger partial charge < -0.3 is 4.57 Å². The normalized spacial score (nSPS) is 12.8. The van der Waals surface area contributed by atoms with E-state index in [2.05, 4.69) is 47.0 Å². The van der Waals surface area contributed by atoms with E-state index in [9.17, 15) is 9.59 Å². The number of carbonyl (C=O) groups excluding carboxylic acids is 2. The zero-order valence-corrected chi connectivity index (χ0v) is 22.6. The molecule has 2 heterocycles. The maximum Gasteiger partial charge on any atom is 0.268 e. The van der Waals surface area contributed by atoms with Crippen molar-refractivity contribution >= 4 is 39.3 Å². The van der Waals surface area contributed by atoms with Crippen LogP contribution in [0.2, 0.25) is 0 Å². The Morgan fingerprint density at radius 1 is 0.429 bits per heavy atom. The molecule has 42 heavy (non-hydrogen) atoms. The fourth-order valence-corrected chi connectivity index (χ4v) is 6.19. The number of fused-ring (bicyclic) bond motifs is 4. The van der Waals surface area contributed by atoms with E-state index < -0.39 is 0 Å². The van der Waals surface area contributed by atoms with Crippen LogP contribution in [0.1, 0.15) is 20.7 Å². The summed E-state index contributed by atoms with van der Waals surface area (Å²) in [5.74, 6) is -0.628. The molecule has 1 aromatic heterocycles. The monoisotopic (exact) mass is 540 g/mol. The van der Waals surface area contributed by atoms with Gasteiger partial charge in [0.2, 0.25) is 0 Å². The molecule has 0 unspecified atom stereocenters. The number of rotatable bonds is 4. The van der Waals surface area contributed by atoms with E-state index in [1.807, 2.05) is 97.1 Å². The fraction of sp³-hybridized carbons (Fsp3) is 0. The van der Waals surface area contributed by atoms with Gasteiger partial charge in [-0.3, -0.25) is 9.59 Å². The SMILES string of the molecule is O=C1c2cccc(-n3c4ccccc4c4cc(-c5ccccc5)ccc43)c2C(=O)N1c1cccc(-c2ccccc2)c1. The third-order valence-electron chi connectivity index (χ3n) is 8.13. The highest BCUT2D eigenvalue weighted by molar-refractivity contribution is 6.36. The topological polar surface area (TPSA) is 42.3 Å². The third kappa shape index (κ3) is 3.62. The van der Waals surface area contributed by atoms with Gasteiger partial charge in [-0.25, -0.2) is 4.90 Å². The van der Waals surface area contributed by atoms with Gasteiger partial charge in [-0.1, -0.05) is 103 Å². The van der Waals surface area contributed by atoms with Crippen LogP contribution in [-0.2, 0) is 0 Å². The Balaban J connectivity index is 1.30. The van der Waals surface area contributed by atoms with E-state index in [1.54, 1.807) is 6.07 Å². The van der Waals surface area contributed by atoms with E-state index in [0.717, 1.165) is 44.1 Å². The number of amides is 2. The minimum atomic E-state index is -0.317. The lowest BCUT2D eigenvalue weighted by atomic mass is 10.0. The number of imide groups is 1. The maximum atomic E-state index is 14.2. The van der Waals surface area contributed by atoms with Crippen molar-refractivity contribution in [2.24, 2.45) is 0 Å². The van der Waals surface area contributed by atoms with Crippen LogP contribution < -0.4 is 4.90 Å². The molecule has 198 valence electrons. The Morgan fingerprint density at radius 3 is 1.81 bits per heavy atom. The number of hydrogen-bond acceptors (Lipinski definition) is 2. The van der Waals surface area contributed by atoms with Crippen molar-refractivity contribution < 1.29 is 9.59 Å². The van der Waals surface area contributed by atoms with E-state index in [-0.39, 0.29) is 11.8 Å². The lowest BCUT2D eigenvalue weighted by molar-refractivity contribution is 0.0926. The molecule has 0 atom stereocenters. The predicted molar refractivity (Wildman–Crippen MR) is 169 cm³/mol. The molecule has 0 saturated carbocycles. The number of aromatic nitrogens is 1. The molecule has 6 aromatic carbocycles. The van der Waals surface area contributed by atoms with E-state index in [0.29, 0.717) is 22.5 Å². The standard InChI is InChI=1S/C38H24N2O2/c41-37-31-18-10-20-35(36(31)38(42)39(37)29-16-9-15-27(23-29)25-11-3-1-4-12-25)40-33-19-8-7-17-30(33)32-24-28(21-22-34(32)40)26-13-5-2-6-14-26/h1-24H. The number of benzene rings is 6. The van der Waals surface area contributed by atoms with E-state index >= 15 is 0 Å². The number of hydrogen-bond donors (Lipinski definition) is 0. The van der Waals surface area contributed by atoms with Gasteiger partial charge in [-0.2, -0.15) is 0 Å². The summed E-state index contributed by atoms with van der Waals surface area (Å²) in [6.07, 6.45) is 0. The molecule has 4 nitrogen and oxygen atoms in total. The molecule has 0 saturated heterocycles.